The molecule has 0 aliphatic carbocycles. The zero-order valence-electron chi connectivity index (χ0n) is 20.0. The third-order valence-corrected chi connectivity index (χ3v) is 5.69. The first-order valence-electron chi connectivity index (χ1n) is 12.4. The Bertz CT molecular complexity index is 346. The van der Waals surface area contributed by atoms with E-state index in [-0.39, 0.29) is 6.42 Å². The van der Waals surface area contributed by atoms with Gasteiger partial charge in [0, 0.05) is 6.42 Å². The van der Waals surface area contributed by atoms with Crippen LogP contribution in [0.1, 0.15) is 103 Å². The second-order valence-corrected chi connectivity index (χ2v) is 9.02. The van der Waals surface area contributed by atoms with Gasteiger partial charge in [-0.05, 0) is 27.1 Å². The largest absolute Gasteiger partial charge is 0.394 e. The summed E-state index contributed by atoms with van der Waals surface area (Å²) in [5.74, 6) is 0. The molecule has 1 unspecified atom stereocenters. The van der Waals surface area contributed by atoms with Crippen LogP contribution in [0, 0.1) is 0 Å². The molecule has 1 fully saturated rings. The molecule has 1 rings (SSSR count). The van der Waals surface area contributed by atoms with E-state index >= 15 is 0 Å². The molecule has 0 aromatic carbocycles. The van der Waals surface area contributed by atoms with Crippen molar-refractivity contribution in [3.05, 3.63) is 0 Å². The van der Waals surface area contributed by atoms with Crippen LogP contribution in [0.5, 0.6) is 0 Å². The lowest BCUT2D eigenvalue weighted by Gasteiger charge is -2.14. The number of aliphatic hydroxyl groups excluding tert-OH is 4. The van der Waals surface area contributed by atoms with E-state index in [4.69, 9.17) is 25.2 Å². The maximum absolute atomic E-state index is 9.00. The Labute approximate surface area is 185 Å². The Morgan fingerprint density at radius 1 is 0.800 bits per heavy atom. The van der Waals surface area contributed by atoms with E-state index in [0.717, 1.165) is 0 Å². The summed E-state index contributed by atoms with van der Waals surface area (Å²) < 4.78 is 4.72. The molecule has 1 heterocycles. The van der Waals surface area contributed by atoms with Crippen LogP contribution in [-0.4, -0.2) is 77.2 Å². The first-order chi connectivity index (χ1) is 14.4. The minimum absolute atomic E-state index is 0.156. The SMILES string of the molecule is CCCCCCCCCCCCCCCCN(C)C.OC[C@@H](O)[C@@H]1C[C@@H](O)C(O)O1. The number of nitrogens with zero attached hydrogens (tertiary/aromatic N) is 1. The minimum atomic E-state index is -1.24. The van der Waals surface area contributed by atoms with E-state index in [1.807, 2.05) is 0 Å². The number of aliphatic hydroxyl groups is 4. The van der Waals surface area contributed by atoms with Gasteiger partial charge in [0.25, 0.3) is 0 Å². The first-order valence-corrected chi connectivity index (χ1v) is 12.4. The maximum atomic E-state index is 9.00. The van der Waals surface area contributed by atoms with Crippen molar-refractivity contribution in [2.45, 2.75) is 128 Å². The minimum Gasteiger partial charge on any atom is -0.394 e. The van der Waals surface area contributed by atoms with Crippen molar-refractivity contribution in [2.75, 3.05) is 27.2 Å². The fourth-order valence-electron chi connectivity index (χ4n) is 3.67. The van der Waals surface area contributed by atoms with Gasteiger partial charge in [0.1, 0.15) is 12.2 Å². The normalized spacial score (nSPS) is 22.2. The molecule has 1 saturated heterocycles. The molecule has 182 valence electrons. The van der Waals surface area contributed by atoms with E-state index in [0.29, 0.717) is 0 Å². The lowest BCUT2D eigenvalue weighted by Crippen LogP contribution is -2.29. The Hall–Kier alpha value is -0.240. The molecule has 1 aliphatic rings. The monoisotopic (exact) mass is 433 g/mol. The van der Waals surface area contributed by atoms with Crippen LogP contribution < -0.4 is 0 Å². The average Bonchev–Trinajstić information content (AvgIpc) is 3.06. The van der Waals surface area contributed by atoms with E-state index in [1.165, 1.54) is 96.4 Å². The molecule has 0 radical (unpaired) electrons. The summed E-state index contributed by atoms with van der Waals surface area (Å²) in [6.45, 7) is 3.13. The van der Waals surface area contributed by atoms with Crippen LogP contribution in [0.2, 0.25) is 0 Å². The lowest BCUT2D eigenvalue weighted by atomic mass is 10.0. The Kier molecular flexibility index (Phi) is 20.5. The predicted octanol–water partition coefficient (Wildman–Crippen LogP) is 3.84. The molecule has 6 heteroatoms. The molecule has 0 amide bonds. The van der Waals surface area contributed by atoms with Gasteiger partial charge in [-0.2, -0.15) is 0 Å². The van der Waals surface area contributed by atoms with E-state index in [1.54, 1.807) is 0 Å². The summed E-state index contributed by atoms with van der Waals surface area (Å²) in [7, 11) is 4.34. The predicted molar refractivity (Wildman–Crippen MR) is 123 cm³/mol. The zero-order chi connectivity index (χ0) is 22.6. The summed E-state index contributed by atoms with van der Waals surface area (Å²) >= 11 is 0. The van der Waals surface area contributed by atoms with Crippen molar-refractivity contribution in [3.63, 3.8) is 0 Å². The van der Waals surface area contributed by atoms with Crippen LogP contribution in [0.3, 0.4) is 0 Å². The van der Waals surface area contributed by atoms with Gasteiger partial charge < -0.3 is 30.1 Å². The van der Waals surface area contributed by atoms with Gasteiger partial charge in [-0.3, -0.25) is 0 Å². The van der Waals surface area contributed by atoms with Crippen LogP contribution in [-0.2, 0) is 4.74 Å². The highest BCUT2D eigenvalue weighted by Gasteiger charge is 2.36. The van der Waals surface area contributed by atoms with Crippen molar-refractivity contribution >= 4 is 0 Å². The maximum Gasteiger partial charge on any atom is 0.181 e. The molecular weight excluding hydrogens is 382 g/mol. The molecule has 0 aromatic rings. The summed E-state index contributed by atoms with van der Waals surface area (Å²) in [5, 5.41) is 35.3. The topological polar surface area (TPSA) is 93.4 Å². The fraction of sp³-hybridized carbons (Fsp3) is 1.00. The van der Waals surface area contributed by atoms with Gasteiger partial charge >= 0.3 is 0 Å². The second kappa shape index (κ2) is 20.7. The molecule has 0 aromatic heterocycles. The molecule has 1 aliphatic heterocycles. The van der Waals surface area contributed by atoms with Crippen LogP contribution >= 0.6 is 0 Å². The number of rotatable bonds is 17. The van der Waals surface area contributed by atoms with E-state index in [9.17, 15) is 0 Å². The molecule has 6 nitrogen and oxygen atoms in total. The van der Waals surface area contributed by atoms with Gasteiger partial charge in [0.15, 0.2) is 6.29 Å². The molecule has 4 N–H and O–H groups in total. The first kappa shape index (κ1) is 29.8. The van der Waals surface area contributed by atoms with Crippen molar-refractivity contribution in [1.82, 2.24) is 4.90 Å². The highest BCUT2D eigenvalue weighted by molar-refractivity contribution is 4.80. The average molecular weight is 434 g/mol. The van der Waals surface area contributed by atoms with Crippen molar-refractivity contribution in [2.24, 2.45) is 0 Å². The smallest absolute Gasteiger partial charge is 0.181 e. The van der Waals surface area contributed by atoms with Gasteiger partial charge in [-0.25, -0.2) is 0 Å². The Morgan fingerprint density at radius 2 is 1.23 bits per heavy atom. The van der Waals surface area contributed by atoms with Crippen molar-refractivity contribution < 1.29 is 25.2 Å². The molecule has 0 bridgehead atoms. The summed E-state index contributed by atoms with van der Waals surface area (Å²) in [5.41, 5.74) is 0. The van der Waals surface area contributed by atoms with Crippen LogP contribution in [0.15, 0.2) is 0 Å². The number of unbranched alkanes of at least 4 members (excludes halogenated alkanes) is 13. The van der Waals surface area contributed by atoms with E-state index in [2.05, 4.69) is 25.9 Å². The third kappa shape index (κ3) is 17.4. The number of ether oxygens (including phenoxy) is 1. The molecule has 0 spiro atoms. The zero-order valence-corrected chi connectivity index (χ0v) is 20.0. The molecule has 4 atom stereocenters. The molecular formula is C24H51NO5. The van der Waals surface area contributed by atoms with Gasteiger partial charge in [0.05, 0.1) is 12.7 Å². The molecule has 0 saturated carbocycles. The summed E-state index contributed by atoms with van der Waals surface area (Å²) in [6.07, 6.45) is 16.6. The Balaban J connectivity index is 0.000000642. The standard InChI is InChI=1S/C18H39N.C6H12O5/c1-4-5-6-7-8-9-10-11-12-13-14-15-16-17-18-19(2)3;7-2-4(9)5-1-3(8)6(10)11-5/h4-18H2,1-3H3;3-10H,1-2H2/t;3-,4-,5+,6?/m.1/s1. The van der Waals surface area contributed by atoms with E-state index < -0.39 is 31.2 Å². The van der Waals surface area contributed by atoms with Crippen molar-refractivity contribution in [3.8, 4) is 0 Å². The Morgan fingerprint density at radius 3 is 1.57 bits per heavy atom. The van der Waals surface area contributed by atoms with Gasteiger partial charge in [-0.1, -0.05) is 90.4 Å². The quantitative estimate of drug-likeness (QED) is 0.261. The fourth-order valence-corrected chi connectivity index (χ4v) is 3.67. The summed E-state index contributed by atoms with van der Waals surface area (Å²) in [4.78, 5) is 2.29. The van der Waals surface area contributed by atoms with Crippen molar-refractivity contribution in [1.29, 1.82) is 0 Å². The van der Waals surface area contributed by atoms with Crippen LogP contribution in [0.25, 0.3) is 0 Å². The number of hydrogen-bond acceptors (Lipinski definition) is 6. The highest BCUT2D eigenvalue weighted by atomic mass is 16.6. The second-order valence-electron chi connectivity index (χ2n) is 9.02. The lowest BCUT2D eigenvalue weighted by molar-refractivity contribution is -0.149. The van der Waals surface area contributed by atoms with Gasteiger partial charge in [0.2, 0.25) is 0 Å². The molecule has 30 heavy (non-hydrogen) atoms. The van der Waals surface area contributed by atoms with Gasteiger partial charge in [-0.15, -0.1) is 0 Å². The number of hydrogen-bond donors (Lipinski definition) is 4. The summed E-state index contributed by atoms with van der Waals surface area (Å²) in [6, 6.07) is 0. The highest BCUT2D eigenvalue weighted by Crippen LogP contribution is 2.20. The third-order valence-electron chi connectivity index (χ3n) is 5.69. The van der Waals surface area contributed by atoms with Crippen LogP contribution in [0.4, 0.5) is 0 Å².